The molecule has 1 heterocycles. The van der Waals surface area contributed by atoms with Crippen molar-refractivity contribution in [1.29, 1.82) is 0 Å². The van der Waals surface area contributed by atoms with Crippen molar-refractivity contribution in [3.05, 3.63) is 53.6 Å². The number of amides is 1. The largest absolute Gasteiger partial charge is 0.493 e. The summed E-state index contributed by atoms with van der Waals surface area (Å²) in [4.78, 5) is 25.0. The van der Waals surface area contributed by atoms with Gasteiger partial charge in [0.2, 0.25) is 0 Å². The minimum absolute atomic E-state index is 0.114. The molecule has 1 aliphatic heterocycles. The van der Waals surface area contributed by atoms with Gasteiger partial charge in [-0.1, -0.05) is 32.0 Å². The average molecular weight is 427 g/mol. The van der Waals surface area contributed by atoms with E-state index in [1.807, 2.05) is 39.0 Å². The van der Waals surface area contributed by atoms with Gasteiger partial charge in [0.15, 0.2) is 18.1 Å². The van der Waals surface area contributed by atoms with E-state index in [4.69, 9.17) is 18.9 Å². The maximum atomic E-state index is 12.5. The number of benzene rings is 2. The third-order valence-corrected chi connectivity index (χ3v) is 4.86. The van der Waals surface area contributed by atoms with Gasteiger partial charge in [0, 0.05) is 6.42 Å². The second kappa shape index (κ2) is 10.7. The first-order valence-electron chi connectivity index (χ1n) is 10.6. The third-order valence-electron chi connectivity index (χ3n) is 4.86. The van der Waals surface area contributed by atoms with Crippen LogP contribution in [0.4, 0.5) is 0 Å². The van der Waals surface area contributed by atoms with Crippen molar-refractivity contribution in [2.24, 2.45) is 5.92 Å². The fourth-order valence-corrected chi connectivity index (χ4v) is 3.35. The van der Waals surface area contributed by atoms with Crippen LogP contribution in [0.15, 0.2) is 42.5 Å². The van der Waals surface area contributed by atoms with Gasteiger partial charge < -0.3 is 24.3 Å². The lowest BCUT2D eigenvalue weighted by molar-refractivity contribution is -0.125. The topological polar surface area (TPSA) is 83.1 Å². The molecular weight excluding hydrogens is 398 g/mol. The van der Waals surface area contributed by atoms with Crippen LogP contribution in [0.5, 0.6) is 17.2 Å². The number of esters is 1. The molecule has 0 saturated carbocycles. The van der Waals surface area contributed by atoms with Crippen LogP contribution in [0.2, 0.25) is 0 Å². The van der Waals surface area contributed by atoms with Crippen LogP contribution in [0.1, 0.15) is 49.2 Å². The molecule has 166 valence electrons. The fourth-order valence-electron chi connectivity index (χ4n) is 3.35. The van der Waals surface area contributed by atoms with Crippen LogP contribution in [0.25, 0.3) is 0 Å². The van der Waals surface area contributed by atoms with Gasteiger partial charge in [-0.05, 0) is 42.7 Å². The summed E-state index contributed by atoms with van der Waals surface area (Å²) in [6.07, 6.45) is 0.826. The molecule has 1 amide bonds. The molecule has 0 fully saturated rings. The van der Waals surface area contributed by atoms with Crippen molar-refractivity contribution >= 4 is 11.9 Å². The van der Waals surface area contributed by atoms with E-state index in [-0.39, 0.29) is 24.5 Å². The maximum absolute atomic E-state index is 12.5. The van der Waals surface area contributed by atoms with E-state index in [1.54, 1.807) is 24.3 Å². The van der Waals surface area contributed by atoms with Gasteiger partial charge in [-0.2, -0.15) is 0 Å². The summed E-state index contributed by atoms with van der Waals surface area (Å²) in [6, 6.07) is 12.2. The Bertz CT molecular complexity index is 911. The molecule has 0 unspecified atom stereocenters. The van der Waals surface area contributed by atoms with Crippen LogP contribution in [-0.2, 0) is 9.53 Å². The lowest BCUT2D eigenvalue weighted by Gasteiger charge is -2.24. The molecule has 7 heteroatoms. The quantitative estimate of drug-likeness (QED) is 0.643. The van der Waals surface area contributed by atoms with E-state index in [0.29, 0.717) is 42.6 Å². The second-order valence-electron chi connectivity index (χ2n) is 7.55. The summed E-state index contributed by atoms with van der Waals surface area (Å²) >= 11 is 0. The van der Waals surface area contributed by atoms with Crippen LogP contribution < -0.4 is 19.5 Å². The molecule has 1 atom stereocenters. The van der Waals surface area contributed by atoms with Crippen molar-refractivity contribution in [1.82, 2.24) is 5.32 Å². The molecule has 0 bridgehead atoms. The highest BCUT2D eigenvalue weighted by Crippen LogP contribution is 2.34. The summed E-state index contributed by atoms with van der Waals surface area (Å²) in [5.41, 5.74) is 1.20. The van der Waals surface area contributed by atoms with Gasteiger partial charge in [0.05, 0.1) is 25.9 Å². The Labute approximate surface area is 182 Å². The third kappa shape index (κ3) is 5.90. The van der Waals surface area contributed by atoms with Gasteiger partial charge in [0.1, 0.15) is 11.3 Å². The molecule has 0 aliphatic carbocycles. The monoisotopic (exact) mass is 427 g/mol. The Kier molecular flexibility index (Phi) is 7.76. The van der Waals surface area contributed by atoms with E-state index in [2.05, 4.69) is 5.32 Å². The first-order chi connectivity index (χ1) is 15.0. The Balaban J connectivity index is 1.64. The highest BCUT2D eigenvalue weighted by Gasteiger charge is 2.22. The number of hydrogen-bond acceptors (Lipinski definition) is 6. The zero-order chi connectivity index (χ0) is 22.2. The molecule has 2 aromatic rings. The van der Waals surface area contributed by atoms with E-state index in [0.717, 1.165) is 12.0 Å². The average Bonchev–Trinajstić information content (AvgIpc) is 3.01. The molecule has 7 nitrogen and oxygen atoms in total. The van der Waals surface area contributed by atoms with Crippen LogP contribution in [0.3, 0.4) is 0 Å². The molecule has 0 saturated heterocycles. The fraction of sp³-hybridized carbons (Fsp3) is 0.417. The molecule has 0 aromatic heterocycles. The number of ether oxygens (including phenoxy) is 4. The summed E-state index contributed by atoms with van der Waals surface area (Å²) < 4.78 is 22.1. The predicted molar refractivity (Wildman–Crippen MR) is 116 cm³/mol. The van der Waals surface area contributed by atoms with Gasteiger partial charge >= 0.3 is 5.97 Å². The minimum Gasteiger partial charge on any atom is -0.493 e. The zero-order valence-corrected chi connectivity index (χ0v) is 18.2. The number of carbonyl (C=O) groups is 2. The number of rotatable bonds is 8. The first-order valence-corrected chi connectivity index (χ1v) is 10.6. The molecule has 0 spiro atoms. The number of fused-ring (bicyclic) bond motifs is 1. The molecule has 1 N–H and O–H groups in total. The van der Waals surface area contributed by atoms with Crippen molar-refractivity contribution in [2.75, 3.05) is 26.4 Å². The van der Waals surface area contributed by atoms with Crippen molar-refractivity contribution < 1.29 is 28.5 Å². The molecule has 0 radical (unpaired) electrons. The Morgan fingerprint density at radius 1 is 1.06 bits per heavy atom. The van der Waals surface area contributed by atoms with Crippen LogP contribution in [-0.4, -0.2) is 38.3 Å². The minimum atomic E-state index is -0.601. The first kappa shape index (κ1) is 22.5. The van der Waals surface area contributed by atoms with Gasteiger partial charge in [0.25, 0.3) is 5.91 Å². The predicted octanol–water partition coefficient (Wildman–Crippen LogP) is 3.92. The summed E-state index contributed by atoms with van der Waals surface area (Å²) in [5.74, 6) is 0.945. The molecular formula is C24H29NO6. The normalized spacial score (nSPS) is 13.8. The Morgan fingerprint density at radius 3 is 2.55 bits per heavy atom. The van der Waals surface area contributed by atoms with Crippen molar-refractivity contribution in [3.8, 4) is 17.2 Å². The lowest BCUT2D eigenvalue weighted by atomic mass is 9.95. The van der Waals surface area contributed by atoms with E-state index >= 15 is 0 Å². The molecule has 2 aromatic carbocycles. The van der Waals surface area contributed by atoms with E-state index < -0.39 is 5.97 Å². The van der Waals surface area contributed by atoms with Gasteiger partial charge in [-0.3, -0.25) is 4.79 Å². The number of para-hydroxylation sites is 1. The summed E-state index contributed by atoms with van der Waals surface area (Å²) in [5, 5.41) is 2.96. The van der Waals surface area contributed by atoms with Crippen molar-refractivity contribution in [2.45, 2.75) is 33.2 Å². The smallest absolute Gasteiger partial charge is 0.342 e. The lowest BCUT2D eigenvalue weighted by Crippen LogP contribution is -2.35. The Hall–Kier alpha value is -3.22. The van der Waals surface area contributed by atoms with E-state index in [1.165, 1.54) is 0 Å². The maximum Gasteiger partial charge on any atom is 0.342 e. The second-order valence-corrected chi connectivity index (χ2v) is 7.55. The summed E-state index contributed by atoms with van der Waals surface area (Å²) in [7, 11) is 0. The zero-order valence-electron chi connectivity index (χ0n) is 18.2. The number of nitrogens with one attached hydrogen (secondary N) is 1. The highest BCUT2D eigenvalue weighted by molar-refractivity contribution is 5.94. The molecule has 1 aliphatic rings. The standard InChI is InChI=1S/C24H29NO6/c1-4-28-19-9-6-5-8-18(19)24(27)31-15-22(26)25-23(16(2)3)17-10-11-20-21(14-17)30-13-7-12-29-20/h5-6,8-11,14,16,23H,4,7,12-13,15H2,1-3H3,(H,25,26)/t23-/m0/s1. The molecule has 3 rings (SSSR count). The number of carbonyl (C=O) groups excluding carboxylic acids is 2. The number of hydrogen-bond donors (Lipinski definition) is 1. The highest BCUT2D eigenvalue weighted by atomic mass is 16.5. The molecule has 31 heavy (non-hydrogen) atoms. The van der Waals surface area contributed by atoms with Crippen LogP contribution >= 0.6 is 0 Å². The van der Waals surface area contributed by atoms with Crippen LogP contribution in [0, 0.1) is 5.92 Å². The SMILES string of the molecule is CCOc1ccccc1C(=O)OCC(=O)N[C@H](c1ccc2c(c1)OCCCO2)C(C)C. The van der Waals surface area contributed by atoms with Gasteiger partial charge in [-0.15, -0.1) is 0 Å². The Morgan fingerprint density at radius 2 is 1.81 bits per heavy atom. The van der Waals surface area contributed by atoms with E-state index in [9.17, 15) is 9.59 Å². The van der Waals surface area contributed by atoms with Crippen molar-refractivity contribution in [3.63, 3.8) is 0 Å². The summed E-state index contributed by atoms with van der Waals surface area (Å²) in [6.45, 7) is 7.12. The van der Waals surface area contributed by atoms with Gasteiger partial charge in [-0.25, -0.2) is 4.79 Å².